The molecule has 0 bridgehead atoms. The van der Waals surface area contributed by atoms with Gasteiger partial charge in [-0.15, -0.1) is 0 Å². The minimum atomic E-state index is -0.430. The molecule has 0 aliphatic carbocycles. The average molecular weight is 382 g/mol. The fraction of sp³-hybridized carbons (Fsp3) is 0.182. The summed E-state index contributed by atoms with van der Waals surface area (Å²) >= 11 is 5.86. The van der Waals surface area contributed by atoms with E-state index >= 15 is 0 Å². The third-order valence-electron chi connectivity index (χ3n) is 4.33. The van der Waals surface area contributed by atoms with Crippen molar-refractivity contribution in [1.82, 2.24) is 5.32 Å². The van der Waals surface area contributed by atoms with Gasteiger partial charge in [0.15, 0.2) is 6.61 Å². The van der Waals surface area contributed by atoms with Gasteiger partial charge in [-0.05, 0) is 41.0 Å². The molecular weight excluding hydrogens is 362 g/mol. The molecule has 0 aromatic heterocycles. The first-order valence-electron chi connectivity index (χ1n) is 8.70. The van der Waals surface area contributed by atoms with E-state index in [9.17, 15) is 9.59 Å². The quantitative estimate of drug-likeness (QED) is 0.641. The lowest BCUT2D eigenvalue weighted by Gasteiger charge is -2.14. The maximum atomic E-state index is 12.1. The molecule has 0 radical (unpaired) electrons. The molecule has 0 aliphatic rings. The Bertz CT molecular complexity index is 948. The van der Waals surface area contributed by atoms with Gasteiger partial charge >= 0.3 is 5.97 Å². The lowest BCUT2D eigenvalue weighted by Crippen LogP contribution is -2.31. The van der Waals surface area contributed by atoms with E-state index in [0.717, 1.165) is 21.9 Å². The van der Waals surface area contributed by atoms with Crippen LogP contribution in [-0.2, 0) is 20.7 Å². The number of esters is 1. The highest BCUT2D eigenvalue weighted by Gasteiger charge is 2.13. The Kier molecular flexibility index (Phi) is 6.09. The number of fused-ring (bicyclic) bond motifs is 1. The first-order chi connectivity index (χ1) is 13.0. The SMILES string of the molecule is C[C@H](NC(=O)COC(=O)Cc1cccc2ccccc12)c1ccc(Cl)cc1. The van der Waals surface area contributed by atoms with Gasteiger partial charge < -0.3 is 10.1 Å². The summed E-state index contributed by atoms with van der Waals surface area (Å²) in [5.41, 5.74) is 1.81. The second-order valence-electron chi connectivity index (χ2n) is 6.32. The van der Waals surface area contributed by atoms with Crippen molar-refractivity contribution in [3.8, 4) is 0 Å². The molecule has 1 amide bonds. The smallest absolute Gasteiger partial charge is 0.310 e. The zero-order valence-electron chi connectivity index (χ0n) is 14.9. The Balaban J connectivity index is 1.52. The van der Waals surface area contributed by atoms with Gasteiger partial charge in [-0.3, -0.25) is 9.59 Å². The van der Waals surface area contributed by atoms with Crippen LogP contribution in [0.4, 0.5) is 0 Å². The molecule has 3 aromatic rings. The van der Waals surface area contributed by atoms with Crippen molar-refractivity contribution in [3.63, 3.8) is 0 Å². The molecule has 0 spiro atoms. The van der Waals surface area contributed by atoms with Crippen LogP contribution < -0.4 is 5.32 Å². The molecule has 0 aliphatic heterocycles. The summed E-state index contributed by atoms with van der Waals surface area (Å²) in [5.74, 6) is -0.774. The van der Waals surface area contributed by atoms with Crippen molar-refractivity contribution < 1.29 is 14.3 Å². The van der Waals surface area contributed by atoms with Gasteiger partial charge in [0.1, 0.15) is 0 Å². The number of benzene rings is 3. The third-order valence-corrected chi connectivity index (χ3v) is 4.58. The summed E-state index contributed by atoms with van der Waals surface area (Å²) in [7, 11) is 0. The van der Waals surface area contributed by atoms with Gasteiger partial charge in [0.2, 0.25) is 0 Å². The Morgan fingerprint density at radius 3 is 2.48 bits per heavy atom. The maximum Gasteiger partial charge on any atom is 0.310 e. The predicted molar refractivity (Wildman–Crippen MR) is 107 cm³/mol. The molecule has 3 rings (SSSR count). The van der Waals surface area contributed by atoms with E-state index in [1.165, 1.54) is 0 Å². The Hall–Kier alpha value is -2.85. The molecule has 3 aromatic carbocycles. The number of ether oxygens (including phenoxy) is 1. The van der Waals surface area contributed by atoms with Gasteiger partial charge in [0, 0.05) is 5.02 Å². The van der Waals surface area contributed by atoms with Crippen LogP contribution in [0.25, 0.3) is 10.8 Å². The molecule has 0 fully saturated rings. The summed E-state index contributed by atoms with van der Waals surface area (Å²) in [6, 6.07) is 20.7. The Morgan fingerprint density at radius 1 is 1.00 bits per heavy atom. The van der Waals surface area contributed by atoms with E-state index in [1.807, 2.05) is 61.5 Å². The van der Waals surface area contributed by atoms with Crippen LogP contribution in [0.3, 0.4) is 0 Å². The lowest BCUT2D eigenvalue weighted by atomic mass is 10.0. The van der Waals surface area contributed by atoms with Crippen molar-refractivity contribution in [2.45, 2.75) is 19.4 Å². The molecule has 0 saturated carbocycles. The Labute approximate surface area is 163 Å². The number of hydrogen-bond acceptors (Lipinski definition) is 3. The molecule has 1 atom stereocenters. The van der Waals surface area contributed by atoms with Crippen LogP contribution in [0.2, 0.25) is 5.02 Å². The lowest BCUT2D eigenvalue weighted by molar-refractivity contribution is -0.148. The van der Waals surface area contributed by atoms with Crippen molar-refractivity contribution >= 4 is 34.2 Å². The van der Waals surface area contributed by atoms with Crippen molar-refractivity contribution in [2.24, 2.45) is 0 Å². The van der Waals surface area contributed by atoms with Gasteiger partial charge in [-0.2, -0.15) is 0 Å². The molecule has 0 unspecified atom stereocenters. The third kappa shape index (κ3) is 5.08. The maximum absolute atomic E-state index is 12.1. The van der Waals surface area contributed by atoms with E-state index in [0.29, 0.717) is 5.02 Å². The number of hydrogen-bond donors (Lipinski definition) is 1. The van der Waals surface area contributed by atoms with Crippen molar-refractivity contribution in [2.75, 3.05) is 6.61 Å². The van der Waals surface area contributed by atoms with Gasteiger partial charge in [0.25, 0.3) is 5.91 Å². The van der Waals surface area contributed by atoms with Crippen LogP contribution in [0.5, 0.6) is 0 Å². The largest absolute Gasteiger partial charge is 0.455 e. The highest BCUT2D eigenvalue weighted by Crippen LogP contribution is 2.19. The van der Waals surface area contributed by atoms with Gasteiger partial charge in [0.05, 0.1) is 12.5 Å². The highest BCUT2D eigenvalue weighted by atomic mass is 35.5. The van der Waals surface area contributed by atoms with Crippen LogP contribution in [0, 0.1) is 0 Å². The standard InChI is InChI=1S/C22H20ClNO3/c1-15(16-9-11-19(23)12-10-16)24-21(25)14-27-22(26)13-18-7-4-6-17-5-2-3-8-20(17)18/h2-12,15H,13-14H2,1H3,(H,24,25)/t15-/m0/s1. The summed E-state index contributed by atoms with van der Waals surface area (Å²) in [6.45, 7) is 1.56. The van der Waals surface area contributed by atoms with Crippen molar-refractivity contribution in [3.05, 3.63) is 82.9 Å². The van der Waals surface area contributed by atoms with E-state index < -0.39 is 5.97 Å². The average Bonchev–Trinajstić information content (AvgIpc) is 2.67. The molecule has 1 N–H and O–H groups in total. The molecule has 138 valence electrons. The molecular formula is C22H20ClNO3. The Morgan fingerprint density at radius 2 is 1.70 bits per heavy atom. The van der Waals surface area contributed by atoms with Crippen LogP contribution >= 0.6 is 11.6 Å². The van der Waals surface area contributed by atoms with Gasteiger partial charge in [-0.25, -0.2) is 0 Å². The topological polar surface area (TPSA) is 55.4 Å². The summed E-state index contributed by atoms with van der Waals surface area (Å²) in [6.07, 6.45) is 0.126. The van der Waals surface area contributed by atoms with E-state index in [2.05, 4.69) is 5.32 Å². The minimum absolute atomic E-state index is 0.126. The van der Waals surface area contributed by atoms with E-state index in [-0.39, 0.29) is 25.0 Å². The number of carbonyl (C=O) groups excluding carboxylic acids is 2. The monoisotopic (exact) mass is 381 g/mol. The van der Waals surface area contributed by atoms with E-state index in [4.69, 9.17) is 16.3 Å². The molecule has 4 nitrogen and oxygen atoms in total. The first kappa shape index (κ1) is 18.9. The number of rotatable bonds is 6. The second kappa shape index (κ2) is 8.69. The summed E-state index contributed by atoms with van der Waals surface area (Å²) in [4.78, 5) is 24.2. The first-order valence-corrected chi connectivity index (χ1v) is 9.08. The molecule has 27 heavy (non-hydrogen) atoms. The number of nitrogens with one attached hydrogen (secondary N) is 1. The molecule has 0 heterocycles. The zero-order valence-corrected chi connectivity index (χ0v) is 15.7. The highest BCUT2D eigenvalue weighted by molar-refractivity contribution is 6.30. The van der Waals surface area contributed by atoms with Crippen LogP contribution in [0.15, 0.2) is 66.7 Å². The van der Waals surface area contributed by atoms with Crippen LogP contribution in [0.1, 0.15) is 24.1 Å². The summed E-state index contributed by atoms with van der Waals surface area (Å²) < 4.78 is 5.14. The number of amides is 1. The van der Waals surface area contributed by atoms with E-state index in [1.54, 1.807) is 12.1 Å². The fourth-order valence-corrected chi connectivity index (χ4v) is 3.04. The predicted octanol–water partition coefficient (Wildman–Crippen LogP) is 4.46. The minimum Gasteiger partial charge on any atom is -0.455 e. The normalized spacial score (nSPS) is 11.8. The number of carbonyl (C=O) groups is 2. The number of halogens is 1. The molecule has 0 saturated heterocycles. The zero-order chi connectivity index (χ0) is 19.2. The fourth-order valence-electron chi connectivity index (χ4n) is 2.92. The van der Waals surface area contributed by atoms with Crippen molar-refractivity contribution in [1.29, 1.82) is 0 Å². The molecule has 5 heteroatoms. The summed E-state index contributed by atoms with van der Waals surface area (Å²) in [5, 5.41) is 5.52. The second-order valence-corrected chi connectivity index (χ2v) is 6.75. The van der Waals surface area contributed by atoms with Crippen LogP contribution in [-0.4, -0.2) is 18.5 Å². The van der Waals surface area contributed by atoms with Gasteiger partial charge in [-0.1, -0.05) is 66.2 Å².